The summed E-state index contributed by atoms with van der Waals surface area (Å²) in [5.74, 6) is -0.323. The highest BCUT2D eigenvalue weighted by molar-refractivity contribution is 9.10. The molecule has 5 heteroatoms. The summed E-state index contributed by atoms with van der Waals surface area (Å²) >= 11 is 3.42. The van der Waals surface area contributed by atoms with Crippen LogP contribution in [0.4, 0.5) is 5.69 Å². The zero-order valence-electron chi connectivity index (χ0n) is 9.57. The van der Waals surface area contributed by atoms with Crippen molar-refractivity contribution in [3.8, 4) is 0 Å². The highest BCUT2D eigenvalue weighted by Crippen LogP contribution is 2.21. The number of anilines is 1. The normalized spacial score (nSPS) is 23.7. The predicted octanol–water partition coefficient (Wildman–Crippen LogP) is 1.67. The van der Waals surface area contributed by atoms with Crippen molar-refractivity contribution >= 4 is 27.5 Å². The Labute approximate surface area is 109 Å². The largest absolute Gasteiger partial charge is 0.379 e. The number of rotatable bonds is 2. The van der Waals surface area contributed by atoms with Crippen LogP contribution in [0.2, 0.25) is 0 Å². The molecule has 1 aromatic rings. The minimum atomic E-state index is -0.251. The lowest BCUT2D eigenvalue weighted by atomic mass is 10.0. The van der Waals surface area contributed by atoms with E-state index in [0.717, 1.165) is 15.7 Å². The molecule has 1 aromatic carbocycles. The Bertz CT molecular complexity index is 437. The highest BCUT2D eigenvalue weighted by Gasteiger charge is 2.31. The van der Waals surface area contributed by atoms with E-state index in [9.17, 15) is 4.79 Å². The Hall–Kier alpha value is -0.910. The fourth-order valence-corrected chi connectivity index (χ4v) is 2.04. The molecule has 2 unspecified atom stereocenters. The van der Waals surface area contributed by atoms with E-state index in [-0.39, 0.29) is 17.9 Å². The predicted molar refractivity (Wildman–Crippen MR) is 69.8 cm³/mol. The fraction of sp³-hybridized carbons (Fsp3) is 0.417. The zero-order valence-corrected chi connectivity index (χ0v) is 11.2. The number of benzene rings is 1. The molecule has 17 heavy (non-hydrogen) atoms. The molecule has 1 saturated heterocycles. The molecule has 0 spiro atoms. The zero-order chi connectivity index (χ0) is 12.4. The summed E-state index contributed by atoms with van der Waals surface area (Å²) in [7, 11) is 0. The van der Waals surface area contributed by atoms with Crippen molar-refractivity contribution in [3.05, 3.63) is 28.2 Å². The van der Waals surface area contributed by atoms with Gasteiger partial charge in [0.1, 0.15) is 0 Å². The summed E-state index contributed by atoms with van der Waals surface area (Å²) in [6.07, 6.45) is 0. The molecule has 3 N–H and O–H groups in total. The molecule has 2 atom stereocenters. The first-order valence-corrected chi connectivity index (χ1v) is 6.27. The van der Waals surface area contributed by atoms with Crippen LogP contribution in [0.3, 0.4) is 0 Å². The Morgan fingerprint density at radius 1 is 1.53 bits per heavy atom. The van der Waals surface area contributed by atoms with Gasteiger partial charge < -0.3 is 15.8 Å². The van der Waals surface area contributed by atoms with Crippen molar-refractivity contribution in [2.24, 2.45) is 11.7 Å². The Kier molecular flexibility index (Phi) is 3.81. The minimum Gasteiger partial charge on any atom is -0.379 e. The van der Waals surface area contributed by atoms with Crippen LogP contribution in [0, 0.1) is 12.8 Å². The third-order valence-electron chi connectivity index (χ3n) is 2.89. The number of hydrogen-bond acceptors (Lipinski definition) is 3. The van der Waals surface area contributed by atoms with Gasteiger partial charge in [0.15, 0.2) is 0 Å². The van der Waals surface area contributed by atoms with E-state index in [0.29, 0.717) is 13.2 Å². The molecule has 1 fully saturated rings. The van der Waals surface area contributed by atoms with Crippen LogP contribution in [0.25, 0.3) is 0 Å². The summed E-state index contributed by atoms with van der Waals surface area (Å²) in [4.78, 5) is 11.9. The maximum absolute atomic E-state index is 11.9. The number of carbonyl (C=O) groups excluding carboxylic acids is 1. The molecule has 1 aliphatic heterocycles. The standard InChI is InChI=1S/C12H15BrN2O2/c1-7-4-8(2-3-10(7)13)15-12(16)9-5-17-6-11(9)14/h2-4,9,11H,5-6,14H2,1H3,(H,15,16). The third kappa shape index (κ3) is 2.86. The van der Waals surface area contributed by atoms with Gasteiger partial charge >= 0.3 is 0 Å². The molecular weight excluding hydrogens is 284 g/mol. The van der Waals surface area contributed by atoms with Crippen LogP contribution in [0.15, 0.2) is 22.7 Å². The number of nitrogens with two attached hydrogens (primary N) is 1. The first-order chi connectivity index (χ1) is 8.08. The van der Waals surface area contributed by atoms with Gasteiger partial charge in [-0.15, -0.1) is 0 Å². The number of carbonyl (C=O) groups is 1. The minimum absolute atomic E-state index is 0.0725. The van der Waals surface area contributed by atoms with E-state index >= 15 is 0 Å². The van der Waals surface area contributed by atoms with E-state index in [2.05, 4.69) is 21.2 Å². The maximum Gasteiger partial charge on any atom is 0.231 e. The molecule has 92 valence electrons. The van der Waals surface area contributed by atoms with Crippen LogP contribution in [0.5, 0.6) is 0 Å². The van der Waals surface area contributed by atoms with Crippen molar-refractivity contribution in [2.75, 3.05) is 18.5 Å². The van der Waals surface area contributed by atoms with Crippen molar-refractivity contribution < 1.29 is 9.53 Å². The van der Waals surface area contributed by atoms with Crippen molar-refractivity contribution in [1.29, 1.82) is 0 Å². The van der Waals surface area contributed by atoms with Gasteiger partial charge in [-0.1, -0.05) is 15.9 Å². The quantitative estimate of drug-likeness (QED) is 0.873. The van der Waals surface area contributed by atoms with Crippen molar-refractivity contribution in [1.82, 2.24) is 0 Å². The number of hydrogen-bond donors (Lipinski definition) is 2. The topological polar surface area (TPSA) is 64.3 Å². The fourth-order valence-electron chi connectivity index (χ4n) is 1.80. The lowest BCUT2D eigenvalue weighted by Gasteiger charge is -2.13. The molecule has 4 nitrogen and oxygen atoms in total. The van der Waals surface area contributed by atoms with E-state index < -0.39 is 0 Å². The summed E-state index contributed by atoms with van der Waals surface area (Å²) in [5, 5.41) is 2.86. The second-order valence-corrected chi connectivity index (χ2v) is 5.12. The van der Waals surface area contributed by atoms with Gasteiger partial charge in [0.25, 0.3) is 0 Å². The smallest absolute Gasteiger partial charge is 0.231 e. The van der Waals surface area contributed by atoms with E-state index in [1.807, 2.05) is 25.1 Å². The number of amides is 1. The van der Waals surface area contributed by atoms with Gasteiger partial charge in [-0.25, -0.2) is 0 Å². The lowest BCUT2D eigenvalue weighted by Crippen LogP contribution is -2.37. The van der Waals surface area contributed by atoms with Crippen LogP contribution >= 0.6 is 15.9 Å². The average Bonchev–Trinajstić information content (AvgIpc) is 2.70. The number of aryl methyl sites for hydroxylation is 1. The summed E-state index contributed by atoms with van der Waals surface area (Å²) in [6, 6.07) is 5.49. The Morgan fingerprint density at radius 2 is 2.29 bits per heavy atom. The first kappa shape index (κ1) is 12.5. The van der Waals surface area contributed by atoms with E-state index in [1.54, 1.807) is 0 Å². The average molecular weight is 299 g/mol. The number of ether oxygens (including phenoxy) is 1. The van der Waals surface area contributed by atoms with Crippen molar-refractivity contribution in [3.63, 3.8) is 0 Å². The highest BCUT2D eigenvalue weighted by atomic mass is 79.9. The van der Waals surface area contributed by atoms with Gasteiger partial charge in [-0.3, -0.25) is 4.79 Å². The van der Waals surface area contributed by atoms with E-state index in [1.165, 1.54) is 0 Å². The van der Waals surface area contributed by atoms with Crippen LogP contribution < -0.4 is 11.1 Å². The molecular formula is C12H15BrN2O2. The van der Waals surface area contributed by atoms with Crippen LogP contribution in [0.1, 0.15) is 5.56 Å². The first-order valence-electron chi connectivity index (χ1n) is 5.48. The summed E-state index contributed by atoms with van der Waals surface area (Å²) in [5.41, 5.74) is 7.66. The van der Waals surface area contributed by atoms with Crippen molar-refractivity contribution in [2.45, 2.75) is 13.0 Å². The molecule has 0 bridgehead atoms. The molecule has 2 rings (SSSR count). The Morgan fingerprint density at radius 3 is 2.88 bits per heavy atom. The molecule has 1 aliphatic rings. The molecule has 0 radical (unpaired) electrons. The number of nitrogens with one attached hydrogen (secondary N) is 1. The third-order valence-corrected chi connectivity index (χ3v) is 3.78. The van der Waals surface area contributed by atoms with Crippen LogP contribution in [-0.4, -0.2) is 25.2 Å². The Balaban J connectivity index is 2.05. The summed E-state index contributed by atoms with van der Waals surface area (Å²) < 4.78 is 6.20. The molecule has 0 saturated carbocycles. The van der Waals surface area contributed by atoms with Gasteiger partial charge in [0, 0.05) is 16.2 Å². The van der Waals surface area contributed by atoms with E-state index in [4.69, 9.17) is 10.5 Å². The molecule has 1 amide bonds. The monoisotopic (exact) mass is 298 g/mol. The molecule has 0 aromatic heterocycles. The van der Waals surface area contributed by atoms with Gasteiger partial charge in [-0.2, -0.15) is 0 Å². The number of halogens is 1. The van der Waals surface area contributed by atoms with Crippen LogP contribution in [-0.2, 0) is 9.53 Å². The maximum atomic E-state index is 11.9. The van der Waals surface area contributed by atoms with Gasteiger partial charge in [0.2, 0.25) is 5.91 Å². The lowest BCUT2D eigenvalue weighted by molar-refractivity contribution is -0.120. The molecule has 0 aliphatic carbocycles. The molecule has 1 heterocycles. The SMILES string of the molecule is Cc1cc(NC(=O)C2COCC2N)ccc1Br. The second-order valence-electron chi connectivity index (χ2n) is 4.26. The van der Waals surface area contributed by atoms with Gasteiger partial charge in [0.05, 0.1) is 19.1 Å². The van der Waals surface area contributed by atoms with Gasteiger partial charge in [-0.05, 0) is 30.7 Å². The summed E-state index contributed by atoms with van der Waals surface area (Å²) in [6.45, 7) is 2.84. The second kappa shape index (κ2) is 5.16.